The summed E-state index contributed by atoms with van der Waals surface area (Å²) in [7, 11) is 0. The molecule has 0 aliphatic carbocycles. The zero-order valence-corrected chi connectivity index (χ0v) is 12.6. The first kappa shape index (κ1) is 14.9. The fourth-order valence-corrected chi connectivity index (χ4v) is 3.04. The predicted molar refractivity (Wildman–Crippen MR) is 83.6 cm³/mol. The van der Waals surface area contributed by atoms with Gasteiger partial charge in [0.05, 0.1) is 0 Å². The van der Waals surface area contributed by atoms with Crippen molar-refractivity contribution in [1.82, 2.24) is 4.90 Å². The molecule has 0 aromatic heterocycles. The number of nitrogens with two attached hydrogens (primary N) is 1. The highest BCUT2D eigenvalue weighted by molar-refractivity contribution is 5.94. The summed E-state index contributed by atoms with van der Waals surface area (Å²) in [5, 5.41) is 0. The predicted octanol–water partition coefficient (Wildman–Crippen LogP) is 3.56. The maximum atomic E-state index is 12.5. The Balaban J connectivity index is 1.99. The lowest BCUT2D eigenvalue weighted by atomic mass is 9.86. The van der Waals surface area contributed by atoms with Gasteiger partial charge in [0, 0.05) is 24.3 Å². The van der Waals surface area contributed by atoms with Crippen molar-refractivity contribution in [3.8, 4) is 0 Å². The van der Waals surface area contributed by atoms with E-state index >= 15 is 0 Å². The summed E-state index contributed by atoms with van der Waals surface area (Å²) in [5.41, 5.74) is 7.13. The van der Waals surface area contributed by atoms with Gasteiger partial charge in [-0.25, -0.2) is 0 Å². The molecule has 3 heteroatoms. The SMILES string of the molecule is CCC(C)C1CCCN(C(=O)c2ccc(N)cc2)CC1. The molecule has 1 aromatic rings. The Kier molecular flexibility index (Phi) is 5.05. The van der Waals surface area contributed by atoms with Crippen LogP contribution in [0.25, 0.3) is 0 Å². The number of nitrogens with zero attached hydrogens (tertiary/aromatic N) is 1. The highest BCUT2D eigenvalue weighted by Gasteiger charge is 2.23. The Labute approximate surface area is 122 Å². The molecule has 1 aromatic carbocycles. The molecule has 2 unspecified atom stereocenters. The fourth-order valence-electron chi connectivity index (χ4n) is 3.04. The minimum atomic E-state index is 0.148. The largest absolute Gasteiger partial charge is 0.399 e. The van der Waals surface area contributed by atoms with Crippen LogP contribution in [-0.4, -0.2) is 23.9 Å². The van der Waals surface area contributed by atoms with Crippen molar-refractivity contribution in [2.24, 2.45) is 11.8 Å². The molecule has 1 aliphatic rings. The monoisotopic (exact) mass is 274 g/mol. The van der Waals surface area contributed by atoms with Crippen molar-refractivity contribution in [2.45, 2.75) is 39.5 Å². The molecule has 1 saturated heterocycles. The third kappa shape index (κ3) is 3.53. The van der Waals surface area contributed by atoms with E-state index in [1.807, 2.05) is 17.0 Å². The van der Waals surface area contributed by atoms with E-state index in [4.69, 9.17) is 5.73 Å². The van der Waals surface area contributed by atoms with E-state index in [9.17, 15) is 4.79 Å². The maximum absolute atomic E-state index is 12.5. The number of carbonyl (C=O) groups excluding carboxylic acids is 1. The van der Waals surface area contributed by atoms with Crippen LogP contribution in [-0.2, 0) is 0 Å². The van der Waals surface area contributed by atoms with Gasteiger partial charge < -0.3 is 10.6 Å². The van der Waals surface area contributed by atoms with Crippen LogP contribution < -0.4 is 5.73 Å². The molecule has 1 heterocycles. The topological polar surface area (TPSA) is 46.3 Å². The van der Waals surface area contributed by atoms with E-state index in [1.54, 1.807) is 12.1 Å². The third-order valence-electron chi connectivity index (χ3n) is 4.67. The minimum absolute atomic E-state index is 0.148. The van der Waals surface area contributed by atoms with Gasteiger partial charge in [-0.05, 0) is 55.4 Å². The molecular formula is C17H26N2O. The van der Waals surface area contributed by atoms with Crippen LogP contribution in [0, 0.1) is 11.8 Å². The number of amides is 1. The van der Waals surface area contributed by atoms with Crippen LogP contribution >= 0.6 is 0 Å². The van der Waals surface area contributed by atoms with Gasteiger partial charge in [0.1, 0.15) is 0 Å². The summed E-state index contributed by atoms with van der Waals surface area (Å²) in [6.45, 7) is 6.36. The molecule has 20 heavy (non-hydrogen) atoms. The Morgan fingerprint density at radius 2 is 2.00 bits per heavy atom. The lowest BCUT2D eigenvalue weighted by molar-refractivity contribution is 0.0758. The Morgan fingerprint density at radius 3 is 2.65 bits per heavy atom. The quantitative estimate of drug-likeness (QED) is 0.857. The number of hydrogen-bond donors (Lipinski definition) is 1. The van der Waals surface area contributed by atoms with E-state index < -0.39 is 0 Å². The zero-order valence-electron chi connectivity index (χ0n) is 12.6. The molecule has 0 radical (unpaired) electrons. The Morgan fingerprint density at radius 1 is 1.30 bits per heavy atom. The standard InChI is InChI=1S/C17H26N2O/c1-3-13(2)14-5-4-11-19(12-10-14)17(20)15-6-8-16(18)9-7-15/h6-9,13-14H,3-5,10-12,18H2,1-2H3. The van der Waals surface area contributed by atoms with E-state index in [1.165, 1.54) is 12.8 Å². The molecule has 1 fully saturated rings. The van der Waals surface area contributed by atoms with Crippen molar-refractivity contribution in [3.63, 3.8) is 0 Å². The Bertz CT molecular complexity index is 441. The van der Waals surface area contributed by atoms with E-state index in [-0.39, 0.29) is 5.91 Å². The fraction of sp³-hybridized carbons (Fsp3) is 0.588. The van der Waals surface area contributed by atoms with Gasteiger partial charge in [-0.2, -0.15) is 0 Å². The van der Waals surface area contributed by atoms with Gasteiger partial charge in [-0.3, -0.25) is 4.79 Å². The third-order valence-corrected chi connectivity index (χ3v) is 4.67. The second kappa shape index (κ2) is 6.78. The summed E-state index contributed by atoms with van der Waals surface area (Å²) in [4.78, 5) is 14.5. The highest BCUT2D eigenvalue weighted by Crippen LogP contribution is 2.27. The zero-order chi connectivity index (χ0) is 14.5. The molecule has 2 rings (SSSR count). The van der Waals surface area contributed by atoms with E-state index in [0.29, 0.717) is 5.69 Å². The van der Waals surface area contributed by atoms with Crippen LogP contribution in [0.5, 0.6) is 0 Å². The van der Waals surface area contributed by atoms with Crippen molar-refractivity contribution in [2.75, 3.05) is 18.8 Å². The van der Waals surface area contributed by atoms with Crippen molar-refractivity contribution >= 4 is 11.6 Å². The highest BCUT2D eigenvalue weighted by atomic mass is 16.2. The van der Waals surface area contributed by atoms with Crippen molar-refractivity contribution in [3.05, 3.63) is 29.8 Å². The molecule has 2 atom stereocenters. The maximum Gasteiger partial charge on any atom is 0.253 e. The van der Waals surface area contributed by atoms with Gasteiger partial charge >= 0.3 is 0 Å². The number of benzene rings is 1. The summed E-state index contributed by atoms with van der Waals surface area (Å²) < 4.78 is 0. The number of nitrogen functional groups attached to an aromatic ring is 1. The molecule has 110 valence electrons. The first-order valence-electron chi connectivity index (χ1n) is 7.76. The summed E-state index contributed by atoms with van der Waals surface area (Å²) in [6.07, 6.45) is 4.74. The summed E-state index contributed by atoms with van der Waals surface area (Å²) >= 11 is 0. The average Bonchev–Trinajstić information content (AvgIpc) is 2.72. The van der Waals surface area contributed by atoms with Crippen LogP contribution in [0.2, 0.25) is 0 Å². The van der Waals surface area contributed by atoms with Crippen LogP contribution in [0.3, 0.4) is 0 Å². The Hall–Kier alpha value is -1.51. The molecule has 0 spiro atoms. The summed E-state index contributed by atoms with van der Waals surface area (Å²) in [6, 6.07) is 7.25. The molecule has 1 amide bonds. The van der Waals surface area contributed by atoms with Crippen LogP contribution in [0.1, 0.15) is 49.9 Å². The summed E-state index contributed by atoms with van der Waals surface area (Å²) in [5.74, 6) is 1.68. The lowest BCUT2D eigenvalue weighted by Gasteiger charge is -2.22. The minimum Gasteiger partial charge on any atom is -0.399 e. The first-order valence-corrected chi connectivity index (χ1v) is 7.76. The van der Waals surface area contributed by atoms with E-state index in [2.05, 4.69) is 13.8 Å². The average molecular weight is 274 g/mol. The molecular weight excluding hydrogens is 248 g/mol. The number of anilines is 1. The van der Waals surface area contributed by atoms with Gasteiger partial charge in [0.25, 0.3) is 5.91 Å². The van der Waals surface area contributed by atoms with Crippen LogP contribution in [0.4, 0.5) is 5.69 Å². The van der Waals surface area contributed by atoms with Gasteiger partial charge in [0.2, 0.25) is 0 Å². The van der Waals surface area contributed by atoms with Gasteiger partial charge in [-0.15, -0.1) is 0 Å². The lowest BCUT2D eigenvalue weighted by Crippen LogP contribution is -2.32. The second-order valence-electron chi connectivity index (χ2n) is 5.99. The van der Waals surface area contributed by atoms with Crippen molar-refractivity contribution < 1.29 is 4.79 Å². The smallest absolute Gasteiger partial charge is 0.253 e. The van der Waals surface area contributed by atoms with Gasteiger partial charge in [0.15, 0.2) is 0 Å². The molecule has 1 aliphatic heterocycles. The normalized spacial score (nSPS) is 21.3. The number of carbonyl (C=O) groups is 1. The molecule has 2 N–H and O–H groups in total. The van der Waals surface area contributed by atoms with Crippen LogP contribution in [0.15, 0.2) is 24.3 Å². The number of rotatable bonds is 3. The molecule has 3 nitrogen and oxygen atoms in total. The molecule has 0 bridgehead atoms. The van der Waals surface area contributed by atoms with E-state index in [0.717, 1.165) is 43.3 Å². The second-order valence-corrected chi connectivity index (χ2v) is 5.99. The number of hydrogen-bond acceptors (Lipinski definition) is 2. The van der Waals surface area contributed by atoms with Gasteiger partial charge in [-0.1, -0.05) is 20.3 Å². The number of likely N-dealkylation sites (tertiary alicyclic amines) is 1. The first-order chi connectivity index (χ1) is 9.61. The van der Waals surface area contributed by atoms with Crippen molar-refractivity contribution in [1.29, 1.82) is 0 Å². The molecule has 0 saturated carbocycles.